The Hall–Kier alpha value is 0.493. The van der Waals surface area contributed by atoms with Crippen molar-refractivity contribution >= 4 is 23.6 Å². The first-order chi connectivity index (χ1) is 13.9. The van der Waals surface area contributed by atoms with Crippen LogP contribution in [0.4, 0.5) is 0 Å². The van der Waals surface area contributed by atoms with E-state index in [4.69, 9.17) is 0 Å². The molecule has 3 aliphatic carbocycles. The van der Waals surface area contributed by atoms with Crippen molar-refractivity contribution in [3.63, 3.8) is 0 Å². The molecule has 3 fully saturated rings. The van der Waals surface area contributed by atoms with Crippen molar-refractivity contribution in [1.82, 2.24) is 0 Å². The second kappa shape index (κ2) is 13.7. The third-order valence-corrected chi connectivity index (χ3v) is 12.2. The van der Waals surface area contributed by atoms with E-state index in [-0.39, 0.29) is 0 Å². The van der Waals surface area contributed by atoms with Gasteiger partial charge in [0, 0.05) is 0 Å². The number of benzene rings is 1. The molecule has 158 valence electrons. The van der Waals surface area contributed by atoms with Crippen LogP contribution in [0.5, 0.6) is 0 Å². The third-order valence-electron chi connectivity index (χ3n) is 6.91. The van der Waals surface area contributed by atoms with Crippen molar-refractivity contribution in [2.75, 3.05) is 0 Å². The number of hydrogen-bond donors (Lipinski definition) is 0. The summed E-state index contributed by atoms with van der Waals surface area (Å²) in [6.07, 6.45) is 23.6. The fraction of sp³-hybridized carbons (Fsp3) is 0.720. The van der Waals surface area contributed by atoms with Gasteiger partial charge in [0.05, 0.1) is 0 Å². The summed E-state index contributed by atoms with van der Waals surface area (Å²) in [6.45, 7) is 0. The molecule has 0 aliphatic heterocycles. The summed E-state index contributed by atoms with van der Waals surface area (Å²) in [6, 6.07) is 10.3. The Morgan fingerprint density at radius 3 is 1.39 bits per heavy atom. The van der Waals surface area contributed by atoms with Gasteiger partial charge in [0.2, 0.25) is 0 Å². The molecule has 3 saturated carbocycles. The summed E-state index contributed by atoms with van der Waals surface area (Å²) in [5.74, 6) is 0. The molecule has 0 heterocycles. The average molecular weight is 504 g/mol. The molecule has 0 unspecified atom stereocenters. The van der Waals surface area contributed by atoms with E-state index in [0.29, 0.717) is 7.92 Å². The molecular formula is C25H39PRuS. The minimum absolute atomic E-state index is 0.385. The Labute approximate surface area is 189 Å². The Morgan fingerprint density at radius 1 is 0.643 bits per heavy atom. The van der Waals surface area contributed by atoms with E-state index in [0.717, 1.165) is 0 Å². The van der Waals surface area contributed by atoms with Crippen molar-refractivity contribution in [2.45, 2.75) is 118 Å². The van der Waals surface area contributed by atoms with Gasteiger partial charge in [-0.1, -0.05) is 65.7 Å². The second-order valence-corrected chi connectivity index (χ2v) is 14.0. The zero-order chi connectivity index (χ0) is 19.4. The summed E-state index contributed by atoms with van der Waals surface area (Å²) in [5.41, 5.74) is 3.57. The molecule has 3 heteroatoms. The predicted molar refractivity (Wildman–Crippen MR) is 126 cm³/mol. The number of thioether (sulfide) groups is 1. The molecule has 28 heavy (non-hydrogen) atoms. The summed E-state index contributed by atoms with van der Waals surface area (Å²) in [4.78, 5) is 1.29. The van der Waals surface area contributed by atoms with E-state index in [9.17, 15) is 0 Å². The monoisotopic (exact) mass is 504 g/mol. The molecule has 0 bridgehead atoms. The van der Waals surface area contributed by atoms with E-state index in [1.807, 2.05) is 22.1 Å². The molecule has 0 spiro atoms. The van der Waals surface area contributed by atoms with Crippen LogP contribution >= 0.6 is 19.7 Å². The zero-order valence-electron chi connectivity index (χ0n) is 17.5. The van der Waals surface area contributed by atoms with Gasteiger partial charge in [-0.05, 0) is 55.5 Å². The first-order valence-electron chi connectivity index (χ1n) is 11.8. The maximum atomic E-state index is 2.48. The molecule has 0 N–H and O–H groups in total. The molecule has 1 aromatic rings. The van der Waals surface area contributed by atoms with E-state index in [1.54, 1.807) is 88.8 Å². The predicted octanol–water partition coefficient (Wildman–Crippen LogP) is 8.55. The standard InChI is InChI=1S/C18H33P.C7H6S.Ru/c1-4-10-16(11-5-1)19(17-12-6-2-7-13-17)18-14-8-3-9-15-18;1-8-7-5-3-2-4-6-7;/h16-18H,1-15H2;1-6H;. The van der Waals surface area contributed by atoms with Gasteiger partial charge in [-0.15, -0.1) is 0 Å². The van der Waals surface area contributed by atoms with Gasteiger partial charge in [0.1, 0.15) is 0 Å². The Bertz CT molecular complexity index is 488. The fourth-order valence-corrected chi connectivity index (χ4v) is 11.4. The van der Waals surface area contributed by atoms with Gasteiger partial charge in [0.15, 0.2) is 0 Å². The van der Waals surface area contributed by atoms with Crippen molar-refractivity contribution in [3.05, 3.63) is 30.3 Å². The Morgan fingerprint density at radius 2 is 1.04 bits per heavy atom. The fourth-order valence-electron chi connectivity index (χ4n) is 5.58. The van der Waals surface area contributed by atoms with Gasteiger partial charge >= 0.3 is 68.8 Å². The molecule has 0 radical (unpaired) electrons. The van der Waals surface area contributed by atoms with Crippen molar-refractivity contribution in [1.29, 1.82) is 0 Å². The van der Waals surface area contributed by atoms with Gasteiger partial charge in [-0.25, -0.2) is 0 Å². The van der Waals surface area contributed by atoms with Gasteiger partial charge in [0.25, 0.3) is 0 Å². The topological polar surface area (TPSA) is 0 Å². The van der Waals surface area contributed by atoms with Crippen LogP contribution in [0.1, 0.15) is 96.3 Å². The van der Waals surface area contributed by atoms with E-state index < -0.39 is 0 Å². The quantitative estimate of drug-likeness (QED) is 0.220. The summed E-state index contributed by atoms with van der Waals surface area (Å²) < 4.78 is 2.01. The molecule has 3 aliphatic rings. The zero-order valence-corrected chi connectivity index (χ0v) is 21.0. The van der Waals surface area contributed by atoms with E-state index in [1.165, 1.54) is 41.1 Å². The molecule has 0 nitrogen and oxygen atoms in total. The van der Waals surface area contributed by atoms with Crippen molar-refractivity contribution in [3.8, 4) is 0 Å². The minimum atomic E-state index is 0.385. The molecule has 0 amide bonds. The molecule has 0 saturated heterocycles. The van der Waals surface area contributed by atoms with Gasteiger partial charge < -0.3 is 0 Å². The van der Waals surface area contributed by atoms with Crippen LogP contribution in [-0.4, -0.2) is 20.9 Å². The van der Waals surface area contributed by atoms with E-state index >= 15 is 0 Å². The third kappa shape index (κ3) is 7.63. The maximum absolute atomic E-state index is 2.48. The SMILES string of the molecule is C1CCC(P(C2CCCCC2)C2CCCCC2)CC1.[Ru]=[CH]Sc1ccccc1. The normalized spacial score (nSPS) is 22.5. The van der Waals surface area contributed by atoms with E-state index in [2.05, 4.69) is 30.0 Å². The molecule has 4 rings (SSSR count). The van der Waals surface area contributed by atoms with Crippen LogP contribution in [0, 0.1) is 0 Å². The molecule has 0 aromatic heterocycles. The van der Waals surface area contributed by atoms with Crippen LogP contribution in [0.15, 0.2) is 35.2 Å². The molecule has 0 atom stereocenters. The Balaban J connectivity index is 0.000000211. The van der Waals surface area contributed by atoms with Crippen LogP contribution < -0.4 is 0 Å². The summed E-state index contributed by atoms with van der Waals surface area (Å²) in [5, 5.41) is 0. The Kier molecular flexibility index (Phi) is 11.4. The summed E-state index contributed by atoms with van der Waals surface area (Å²) >= 11 is 4.20. The molecular weight excluding hydrogens is 464 g/mol. The summed E-state index contributed by atoms with van der Waals surface area (Å²) in [7, 11) is 0.385. The van der Waals surface area contributed by atoms with Crippen LogP contribution in [0.25, 0.3) is 0 Å². The van der Waals surface area contributed by atoms with Crippen LogP contribution in [0.3, 0.4) is 0 Å². The van der Waals surface area contributed by atoms with Gasteiger partial charge in [-0.2, -0.15) is 0 Å². The van der Waals surface area contributed by atoms with Crippen molar-refractivity contribution < 1.29 is 17.9 Å². The average Bonchev–Trinajstić information content (AvgIpc) is 2.78. The second-order valence-electron chi connectivity index (χ2n) is 8.84. The van der Waals surface area contributed by atoms with Crippen LogP contribution in [0.2, 0.25) is 0 Å². The van der Waals surface area contributed by atoms with Gasteiger partial charge in [-0.3, -0.25) is 0 Å². The number of hydrogen-bond acceptors (Lipinski definition) is 1. The first kappa shape index (κ1) is 23.2. The van der Waals surface area contributed by atoms with Crippen LogP contribution in [-0.2, 0) is 17.9 Å². The molecule has 1 aromatic carbocycles. The van der Waals surface area contributed by atoms with Crippen molar-refractivity contribution in [2.24, 2.45) is 0 Å². The number of rotatable bonds is 5. The first-order valence-corrected chi connectivity index (χ1v) is 15.2.